The van der Waals surface area contributed by atoms with Gasteiger partial charge in [-0.15, -0.1) is 4.67 Å². The van der Waals surface area contributed by atoms with E-state index in [1.165, 1.54) is 6.92 Å². The molecule has 0 saturated heterocycles. The number of carboxylic acids is 2. The van der Waals surface area contributed by atoms with Crippen LogP contribution in [0.3, 0.4) is 0 Å². The third-order valence-corrected chi connectivity index (χ3v) is 7.33. The van der Waals surface area contributed by atoms with Crippen LogP contribution in [0.5, 0.6) is 0 Å². The largest absolute Gasteiger partial charge is 0.480 e. The molecule has 0 aliphatic rings. The third kappa shape index (κ3) is 35.8. The van der Waals surface area contributed by atoms with E-state index in [-0.39, 0.29) is 85.0 Å². The summed E-state index contributed by atoms with van der Waals surface area (Å²) in [6, 6.07) is -5.60. The number of nitrogens with one attached hydrogen (secondary N) is 3. The second-order valence-corrected chi connectivity index (χ2v) is 13.7. The van der Waals surface area contributed by atoms with Crippen molar-refractivity contribution in [3.8, 4) is 0 Å². The smallest absolute Gasteiger partial charge is 0.334 e. The Hall–Kier alpha value is -6.08. The highest BCUT2D eigenvalue weighted by Crippen LogP contribution is 2.07. The molecule has 0 aromatic heterocycles. The summed E-state index contributed by atoms with van der Waals surface area (Å²) in [5.74, 6) is -5.54. The number of Topliss-reactive ketones (excluding diaryl/α,β-unsaturated/α-hetero) is 3. The molecule has 0 fully saturated rings. The molecule has 0 saturated carbocycles. The van der Waals surface area contributed by atoms with Crippen LogP contribution in [0.15, 0.2) is 0 Å². The average molecular weight is 887 g/mol. The number of carbonyl (C=O) groups excluding carboxylic acids is 7. The molecule has 23 heteroatoms. The van der Waals surface area contributed by atoms with Gasteiger partial charge in [0, 0.05) is 19.3 Å². The number of nitrogens with zero attached hydrogens (tertiary/aromatic N) is 5. The molecule has 0 aromatic carbocycles. The molecule has 3 amide bonds. The van der Waals surface area contributed by atoms with Gasteiger partial charge < -0.3 is 59.2 Å². The van der Waals surface area contributed by atoms with Gasteiger partial charge in [0.2, 0.25) is 35.1 Å². The Morgan fingerprint density at radius 3 is 1.23 bits per heavy atom. The zero-order valence-electron chi connectivity index (χ0n) is 34.4. The number of carboxylic acid groups (broad SMARTS) is 2. The van der Waals surface area contributed by atoms with Crippen molar-refractivity contribution in [2.75, 3.05) is 6.61 Å². The van der Waals surface area contributed by atoms with Crippen molar-refractivity contribution < 1.29 is 67.7 Å². The standard InChI is InChI=1S/C15H25N3O4.C12H20N4O4.C9H14N4O4.3CH4/c1-5-22-15(21)13(7-6-11(19)9-17-4)18-14(20)12(16)8-10(2)3;1-7(2)5-9(13)11(18)16-10(12(19)20)4-3-8(17)6-15-14;1-5(10)8(15)13-7(9(16)17)3-2-6(14)4-12-11;;;/h9-10,12-13H,4-8,16H2,1-3H3;6-7,9-10H,3-5,13H2,1-2H3,(H,16,18)(H,19,20);4-5,7H,2-3,10H2,1H3,(H,13,15)(H,16,17);3*1H4/p+1/t12-,13-;9-,10-;5-,7-;;;/m000.../s1. The molecule has 11 N–H and O–H groups in total. The molecule has 0 rings (SSSR count). The van der Waals surface area contributed by atoms with Crippen molar-refractivity contribution in [2.24, 2.45) is 29.0 Å². The van der Waals surface area contributed by atoms with E-state index in [4.69, 9.17) is 43.2 Å². The highest BCUT2D eigenvalue weighted by molar-refractivity contribution is 6.27. The third-order valence-electron chi connectivity index (χ3n) is 7.33. The topological polar surface area (TPSA) is 404 Å². The fourth-order valence-corrected chi connectivity index (χ4v) is 4.38. The first-order valence-corrected chi connectivity index (χ1v) is 18.5. The Morgan fingerprint density at radius 1 is 0.613 bits per heavy atom. The molecular weight excluding hydrogens is 814 g/mol. The summed E-state index contributed by atoms with van der Waals surface area (Å²) in [5, 5.41) is 24.8. The zero-order valence-corrected chi connectivity index (χ0v) is 34.4. The van der Waals surface area contributed by atoms with Crippen LogP contribution >= 0.6 is 0 Å². The summed E-state index contributed by atoms with van der Waals surface area (Å²) in [6.07, 6.45) is 3.07. The molecule has 0 heterocycles. The predicted molar refractivity (Wildman–Crippen MR) is 234 cm³/mol. The van der Waals surface area contributed by atoms with Crippen LogP contribution in [-0.2, 0) is 47.9 Å². The number of amides is 3. The van der Waals surface area contributed by atoms with Gasteiger partial charge in [-0.1, -0.05) is 50.0 Å². The number of carbonyl (C=O) groups is 9. The predicted octanol–water partition coefficient (Wildman–Crippen LogP) is -0.364. The van der Waals surface area contributed by atoms with E-state index in [2.05, 4.69) is 36.9 Å². The van der Waals surface area contributed by atoms with E-state index in [1.807, 2.05) is 27.7 Å². The van der Waals surface area contributed by atoms with Crippen molar-refractivity contribution in [3.63, 3.8) is 0 Å². The van der Waals surface area contributed by atoms with Crippen molar-refractivity contribution in [1.29, 1.82) is 0 Å². The quantitative estimate of drug-likeness (QED) is 0.0238. The van der Waals surface area contributed by atoms with E-state index in [0.29, 0.717) is 25.3 Å². The molecule has 0 aliphatic carbocycles. The van der Waals surface area contributed by atoms with Crippen molar-refractivity contribution in [1.82, 2.24) is 20.6 Å². The van der Waals surface area contributed by atoms with E-state index < -0.39 is 83.4 Å². The molecule has 0 bridgehead atoms. The van der Waals surface area contributed by atoms with Crippen LogP contribution in [0, 0.1) is 11.8 Å². The van der Waals surface area contributed by atoms with Gasteiger partial charge in [0.1, 0.15) is 18.1 Å². The first kappa shape index (κ1) is 67.7. The van der Waals surface area contributed by atoms with E-state index >= 15 is 0 Å². The maximum Gasteiger partial charge on any atom is 0.334 e. The minimum absolute atomic E-state index is 0. The molecule has 354 valence electrons. The van der Waals surface area contributed by atoms with E-state index in [9.17, 15) is 43.2 Å². The summed E-state index contributed by atoms with van der Waals surface area (Å²) in [6.45, 7) is 14.2. The second-order valence-electron chi connectivity index (χ2n) is 13.7. The van der Waals surface area contributed by atoms with E-state index in [1.54, 1.807) is 6.92 Å². The highest BCUT2D eigenvalue weighted by Gasteiger charge is 2.27. The van der Waals surface area contributed by atoms with Crippen molar-refractivity contribution in [2.45, 2.75) is 151 Å². The monoisotopic (exact) mass is 887 g/mol. The van der Waals surface area contributed by atoms with Gasteiger partial charge in [-0.25, -0.2) is 14.4 Å². The molecule has 0 aliphatic heterocycles. The van der Waals surface area contributed by atoms with Crippen molar-refractivity contribution >= 4 is 78.3 Å². The fraction of sp³-hybridized carbons (Fsp3) is 0.667. The van der Waals surface area contributed by atoms with Gasteiger partial charge in [-0.05, 0) is 57.8 Å². The number of rotatable bonds is 26. The normalized spacial score (nSPS) is 12.4. The van der Waals surface area contributed by atoms with Crippen LogP contribution in [0.1, 0.15) is 115 Å². The highest BCUT2D eigenvalue weighted by atomic mass is 16.5. The number of esters is 1. The molecule has 23 nitrogen and oxygen atoms in total. The van der Waals surface area contributed by atoms with Crippen LogP contribution in [0.4, 0.5) is 0 Å². The van der Waals surface area contributed by atoms with Gasteiger partial charge in [0.15, 0.2) is 0 Å². The lowest BCUT2D eigenvalue weighted by atomic mass is 10.0. The molecule has 0 spiro atoms. The summed E-state index contributed by atoms with van der Waals surface area (Å²) in [7, 11) is 0. The Kier molecular flexibility index (Phi) is 42.7. The number of nitrogens with two attached hydrogens (primary N) is 3. The zero-order chi connectivity index (χ0) is 46.2. The Bertz CT molecular complexity index is 1580. The maximum atomic E-state index is 12.0. The molecule has 6 atom stereocenters. The molecule has 0 radical (unpaired) electrons. The summed E-state index contributed by atoms with van der Waals surface area (Å²) in [4.78, 5) is 107. The van der Waals surface area contributed by atoms with Crippen molar-refractivity contribution in [3.05, 3.63) is 11.1 Å². The summed E-state index contributed by atoms with van der Waals surface area (Å²) >= 11 is 0. The minimum atomic E-state index is -1.26. The van der Waals surface area contributed by atoms with Crippen LogP contribution in [-0.4, -0.2) is 141 Å². The Balaban J connectivity index is -0.000000187. The van der Waals surface area contributed by atoms with Crippen LogP contribution < -0.4 is 37.8 Å². The first-order chi connectivity index (χ1) is 27.5. The maximum absolute atomic E-state index is 12.0. The SMILES string of the molecule is C.C.C.C=[N+]=CC(=O)CC[C@H](NC(=O)[C@@H](N)CC(C)C)C(=O)OCC.CC(C)C[C@H](N)C(=O)N[C@@H](CCC(=O)C=[N+]=[N-])C(=O)O.C[C@H](N)C(=O)N[C@@H](CCC(=O)C=[N+]=[N-])C(=O)O. The van der Waals surface area contributed by atoms with Gasteiger partial charge in [-0.2, -0.15) is 9.58 Å². The Labute approximate surface area is 364 Å². The van der Waals surface area contributed by atoms with E-state index in [0.717, 1.165) is 6.21 Å². The summed E-state index contributed by atoms with van der Waals surface area (Å²) < 4.78 is 8.27. The Morgan fingerprint density at radius 2 is 0.935 bits per heavy atom. The number of hydrogen-bond acceptors (Lipinski definition) is 13. The van der Waals surface area contributed by atoms with Gasteiger partial charge in [-0.3, -0.25) is 28.8 Å². The lowest BCUT2D eigenvalue weighted by Gasteiger charge is -2.20. The number of ether oxygens (including phenoxy) is 1. The molecule has 62 heavy (non-hydrogen) atoms. The molecular formula is C39H72N11O12+. The first-order valence-electron chi connectivity index (χ1n) is 18.5. The number of aliphatic carboxylic acids is 2. The lowest BCUT2D eigenvalue weighted by Crippen LogP contribution is -2.49. The summed E-state index contributed by atoms with van der Waals surface area (Å²) in [5.41, 5.74) is 32.9. The second kappa shape index (κ2) is 39.1. The fourth-order valence-electron chi connectivity index (χ4n) is 4.38. The molecule has 0 unspecified atom stereocenters. The van der Waals surface area contributed by atoms with Crippen LogP contribution in [0.2, 0.25) is 0 Å². The molecule has 0 aromatic rings. The van der Waals surface area contributed by atoms with Gasteiger partial charge >= 0.3 is 36.6 Å². The van der Waals surface area contributed by atoms with Gasteiger partial charge in [0.05, 0.1) is 24.7 Å². The average Bonchev–Trinajstić information content (AvgIpc) is 3.13. The number of hydrogen-bond donors (Lipinski definition) is 8. The van der Waals surface area contributed by atoms with Gasteiger partial charge in [0.25, 0.3) is 6.72 Å². The lowest BCUT2D eigenvalue weighted by molar-refractivity contribution is -0.148. The van der Waals surface area contributed by atoms with Crippen LogP contribution in [0.25, 0.3) is 11.1 Å². The minimum Gasteiger partial charge on any atom is -0.480 e. The number of ketones is 3.